The highest BCUT2D eigenvalue weighted by molar-refractivity contribution is 8.02. The zero-order chi connectivity index (χ0) is 16.7. The Morgan fingerprint density at radius 3 is 2.83 bits per heavy atom. The van der Waals surface area contributed by atoms with Gasteiger partial charge in [-0.25, -0.2) is 0 Å². The van der Waals surface area contributed by atoms with Gasteiger partial charge in [-0.2, -0.15) is 0 Å². The number of benzene rings is 1. The molecule has 2 N–H and O–H groups in total. The van der Waals surface area contributed by atoms with Gasteiger partial charge in [0.05, 0.1) is 11.9 Å². The predicted molar refractivity (Wildman–Crippen MR) is 95.7 cm³/mol. The molecule has 0 saturated heterocycles. The molecule has 1 atom stereocenters. The molecule has 0 aliphatic carbocycles. The number of ether oxygens (including phenoxy) is 1. The number of nitrogens with zero attached hydrogens (tertiary/aromatic N) is 2. The van der Waals surface area contributed by atoms with Gasteiger partial charge in [-0.1, -0.05) is 34.7 Å². The molecule has 0 bridgehead atoms. The molecule has 1 aromatic heterocycles. The summed E-state index contributed by atoms with van der Waals surface area (Å²) < 4.78 is 5.70. The van der Waals surface area contributed by atoms with Crippen molar-refractivity contribution in [2.24, 2.45) is 0 Å². The van der Waals surface area contributed by atoms with Crippen LogP contribution in [0.25, 0.3) is 0 Å². The number of carbonyl (C=O) groups excluding carboxylic acids is 1. The van der Waals surface area contributed by atoms with E-state index in [1.54, 1.807) is 31.4 Å². The molecule has 9 heteroatoms. The van der Waals surface area contributed by atoms with Crippen LogP contribution in [0.1, 0.15) is 6.92 Å². The van der Waals surface area contributed by atoms with Gasteiger partial charge >= 0.3 is 0 Å². The topological polar surface area (TPSA) is 76.1 Å². The number of nitrogens with one attached hydrogen (secondary N) is 2. The highest BCUT2D eigenvalue weighted by Gasteiger charge is 2.17. The first-order valence-corrected chi connectivity index (χ1v) is 8.95. The fraction of sp³-hybridized carbons (Fsp3) is 0.357. The minimum Gasteiger partial charge on any atom is -0.383 e. The maximum atomic E-state index is 12.2. The molecular weight excluding hydrogens is 356 g/mol. The molecule has 0 saturated carbocycles. The van der Waals surface area contributed by atoms with Crippen LogP contribution in [-0.2, 0) is 9.53 Å². The highest BCUT2D eigenvalue weighted by Crippen LogP contribution is 2.29. The Balaban J connectivity index is 1.84. The molecule has 0 aliphatic heterocycles. The third-order valence-electron chi connectivity index (χ3n) is 2.75. The van der Waals surface area contributed by atoms with Crippen molar-refractivity contribution in [3.05, 3.63) is 29.3 Å². The quantitative estimate of drug-likeness (QED) is 0.546. The van der Waals surface area contributed by atoms with Crippen LogP contribution in [-0.4, -0.2) is 41.6 Å². The second-order valence-electron chi connectivity index (χ2n) is 4.55. The van der Waals surface area contributed by atoms with Crippen molar-refractivity contribution in [1.29, 1.82) is 0 Å². The first-order chi connectivity index (χ1) is 11.1. The number of thioether (sulfide) groups is 1. The number of halogens is 1. The van der Waals surface area contributed by atoms with Gasteiger partial charge in [0.15, 0.2) is 4.34 Å². The molecule has 0 fully saturated rings. The van der Waals surface area contributed by atoms with E-state index < -0.39 is 0 Å². The van der Waals surface area contributed by atoms with Gasteiger partial charge in [0.2, 0.25) is 11.0 Å². The minimum atomic E-state index is -0.287. The Morgan fingerprint density at radius 1 is 1.39 bits per heavy atom. The maximum absolute atomic E-state index is 12.2. The summed E-state index contributed by atoms with van der Waals surface area (Å²) in [4.78, 5) is 12.2. The summed E-state index contributed by atoms with van der Waals surface area (Å²) in [6, 6.07) is 7.00. The number of methoxy groups -OCH3 is 1. The number of carbonyl (C=O) groups is 1. The number of amides is 1. The van der Waals surface area contributed by atoms with Crippen molar-refractivity contribution in [3.63, 3.8) is 0 Å². The molecular formula is C14H17ClN4O2S2. The lowest BCUT2D eigenvalue weighted by atomic mass is 10.3. The van der Waals surface area contributed by atoms with Crippen LogP contribution in [0.5, 0.6) is 0 Å². The molecule has 0 unspecified atom stereocenters. The summed E-state index contributed by atoms with van der Waals surface area (Å²) in [6.45, 7) is 3.10. The van der Waals surface area contributed by atoms with Gasteiger partial charge in [-0.15, -0.1) is 10.2 Å². The lowest BCUT2D eigenvalue weighted by Crippen LogP contribution is -2.22. The molecule has 124 valence electrons. The Kier molecular flexibility index (Phi) is 7.10. The number of aromatic nitrogens is 2. The number of hydrogen-bond acceptors (Lipinski definition) is 7. The molecule has 6 nitrogen and oxygen atoms in total. The van der Waals surface area contributed by atoms with E-state index in [1.807, 2.05) is 6.92 Å². The van der Waals surface area contributed by atoms with E-state index in [0.717, 1.165) is 9.47 Å². The molecule has 0 radical (unpaired) electrons. The standard InChI is InChI=1S/C14H17ClN4O2S2/c1-9(12(20)17-11-5-3-10(15)4-6-11)22-14-19-18-13(23-14)16-7-8-21-2/h3-6,9H,7-8H2,1-2H3,(H,16,18)(H,17,20)/t9-/m1/s1. The van der Waals surface area contributed by atoms with E-state index in [0.29, 0.717) is 23.9 Å². The zero-order valence-electron chi connectivity index (χ0n) is 12.7. The van der Waals surface area contributed by atoms with Gasteiger partial charge < -0.3 is 15.4 Å². The average molecular weight is 373 g/mol. The monoisotopic (exact) mass is 372 g/mol. The number of hydrogen-bond donors (Lipinski definition) is 2. The van der Waals surface area contributed by atoms with E-state index in [9.17, 15) is 4.79 Å². The molecule has 2 rings (SSSR count). The van der Waals surface area contributed by atoms with Crippen molar-refractivity contribution in [2.45, 2.75) is 16.5 Å². The van der Waals surface area contributed by atoms with Gasteiger partial charge in [0.1, 0.15) is 0 Å². The molecule has 1 amide bonds. The normalized spacial score (nSPS) is 12.0. The van der Waals surface area contributed by atoms with Gasteiger partial charge in [-0.3, -0.25) is 4.79 Å². The van der Waals surface area contributed by atoms with E-state index in [4.69, 9.17) is 16.3 Å². The Hall–Kier alpha value is -1.35. The first-order valence-electron chi connectivity index (χ1n) is 6.88. The fourth-order valence-electron chi connectivity index (χ4n) is 1.57. The van der Waals surface area contributed by atoms with Gasteiger partial charge in [-0.05, 0) is 31.2 Å². The Labute approximate surface area is 148 Å². The van der Waals surface area contributed by atoms with Crippen molar-refractivity contribution in [3.8, 4) is 0 Å². The first kappa shape index (κ1) is 18.0. The molecule has 0 spiro atoms. The van der Waals surface area contributed by atoms with Crippen LogP contribution in [0.15, 0.2) is 28.6 Å². The summed E-state index contributed by atoms with van der Waals surface area (Å²) in [7, 11) is 1.64. The van der Waals surface area contributed by atoms with Crippen molar-refractivity contribution in [2.75, 3.05) is 30.9 Å². The van der Waals surface area contributed by atoms with Crippen molar-refractivity contribution in [1.82, 2.24) is 10.2 Å². The van der Waals surface area contributed by atoms with Gasteiger partial charge in [0, 0.05) is 24.4 Å². The van der Waals surface area contributed by atoms with Gasteiger partial charge in [0.25, 0.3) is 0 Å². The summed E-state index contributed by atoms with van der Waals surface area (Å²) in [5.41, 5.74) is 0.714. The largest absolute Gasteiger partial charge is 0.383 e. The fourth-order valence-corrected chi connectivity index (χ4v) is 3.62. The molecule has 1 heterocycles. The zero-order valence-corrected chi connectivity index (χ0v) is 15.1. The summed E-state index contributed by atoms with van der Waals surface area (Å²) in [5, 5.41) is 15.1. The van der Waals surface area contributed by atoms with Crippen LogP contribution < -0.4 is 10.6 Å². The SMILES string of the molecule is COCCNc1nnc(S[C@H](C)C(=O)Nc2ccc(Cl)cc2)s1. The third-order valence-corrected chi connectivity index (χ3v) is 5.06. The van der Waals surface area contributed by atoms with Crippen molar-refractivity contribution < 1.29 is 9.53 Å². The van der Waals surface area contributed by atoms with Crippen molar-refractivity contribution >= 4 is 51.4 Å². The smallest absolute Gasteiger partial charge is 0.237 e. The Bertz CT molecular complexity index is 636. The van der Waals surface area contributed by atoms with Crippen LogP contribution >= 0.6 is 34.7 Å². The minimum absolute atomic E-state index is 0.0959. The lowest BCUT2D eigenvalue weighted by Gasteiger charge is -2.10. The predicted octanol–water partition coefficient (Wildman–Crippen LogP) is 3.37. The third kappa shape index (κ3) is 5.98. The van der Waals surface area contributed by atoms with Crippen LogP contribution in [0, 0.1) is 0 Å². The van der Waals surface area contributed by atoms with Crippen LogP contribution in [0.3, 0.4) is 0 Å². The second kappa shape index (κ2) is 9.07. The second-order valence-corrected chi connectivity index (χ2v) is 7.55. The maximum Gasteiger partial charge on any atom is 0.237 e. The van der Waals surface area contributed by atoms with E-state index in [2.05, 4.69) is 20.8 Å². The molecule has 1 aromatic carbocycles. The number of rotatable bonds is 8. The van der Waals surface area contributed by atoms with E-state index >= 15 is 0 Å². The lowest BCUT2D eigenvalue weighted by molar-refractivity contribution is -0.115. The van der Waals surface area contributed by atoms with Crippen LogP contribution in [0.4, 0.5) is 10.8 Å². The summed E-state index contributed by atoms with van der Waals surface area (Å²) >= 11 is 8.61. The summed E-state index contributed by atoms with van der Waals surface area (Å²) in [6.07, 6.45) is 0. The summed E-state index contributed by atoms with van der Waals surface area (Å²) in [5.74, 6) is -0.0959. The molecule has 2 aromatic rings. The molecule has 0 aliphatic rings. The molecule has 23 heavy (non-hydrogen) atoms. The highest BCUT2D eigenvalue weighted by atomic mass is 35.5. The van der Waals surface area contributed by atoms with E-state index in [-0.39, 0.29) is 11.2 Å². The Morgan fingerprint density at radius 2 is 2.13 bits per heavy atom. The van der Waals surface area contributed by atoms with Crippen LogP contribution in [0.2, 0.25) is 5.02 Å². The average Bonchev–Trinajstić information content (AvgIpc) is 2.97. The van der Waals surface area contributed by atoms with E-state index in [1.165, 1.54) is 23.1 Å². The number of anilines is 2.